The Bertz CT molecular complexity index is 431. The zero-order chi connectivity index (χ0) is 12.5. The molecule has 1 saturated heterocycles. The van der Waals surface area contributed by atoms with E-state index in [1.54, 1.807) is 0 Å². The first-order chi connectivity index (χ1) is 8.75. The number of aromatic nitrogens is 1. The summed E-state index contributed by atoms with van der Waals surface area (Å²) >= 11 is 3.51. The van der Waals surface area contributed by atoms with Gasteiger partial charge in [0.05, 0.1) is 0 Å². The van der Waals surface area contributed by atoms with E-state index in [1.807, 2.05) is 6.20 Å². The van der Waals surface area contributed by atoms with E-state index in [4.69, 9.17) is 0 Å². The van der Waals surface area contributed by atoms with Crippen molar-refractivity contribution in [2.75, 3.05) is 11.4 Å². The Hall–Kier alpha value is -0.570. The molecule has 0 amide bonds. The maximum atomic E-state index is 4.67. The summed E-state index contributed by atoms with van der Waals surface area (Å²) in [4.78, 5) is 7.26. The van der Waals surface area contributed by atoms with E-state index in [9.17, 15) is 0 Å². The summed E-state index contributed by atoms with van der Waals surface area (Å²) in [5, 5.41) is 0. The number of nitrogens with zero attached hydrogens (tertiary/aromatic N) is 2. The van der Waals surface area contributed by atoms with Gasteiger partial charge in [-0.3, -0.25) is 0 Å². The second-order valence-electron chi connectivity index (χ2n) is 5.74. The monoisotopic (exact) mass is 308 g/mol. The molecular formula is C15H21BrN2. The second-order valence-corrected chi connectivity index (χ2v) is 6.66. The summed E-state index contributed by atoms with van der Waals surface area (Å²) in [7, 11) is 0. The summed E-state index contributed by atoms with van der Waals surface area (Å²) in [6, 6.07) is 2.94. The molecule has 1 aliphatic carbocycles. The highest BCUT2D eigenvalue weighted by atomic mass is 79.9. The second kappa shape index (κ2) is 5.20. The van der Waals surface area contributed by atoms with Gasteiger partial charge in [0.1, 0.15) is 5.82 Å². The molecule has 1 aliphatic heterocycles. The molecule has 2 aliphatic rings. The molecule has 1 aromatic rings. The van der Waals surface area contributed by atoms with Gasteiger partial charge in [-0.05, 0) is 66.1 Å². The zero-order valence-corrected chi connectivity index (χ0v) is 12.6. The van der Waals surface area contributed by atoms with Crippen molar-refractivity contribution in [1.82, 2.24) is 4.98 Å². The van der Waals surface area contributed by atoms with Gasteiger partial charge >= 0.3 is 0 Å². The number of hydrogen-bond acceptors (Lipinski definition) is 2. The lowest BCUT2D eigenvalue weighted by Crippen LogP contribution is -2.47. The number of hydrogen-bond donors (Lipinski definition) is 0. The van der Waals surface area contributed by atoms with E-state index in [1.165, 1.54) is 56.5 Å². The highest BCUT2D eigenvalue weighted by Gasteiger charge is 2.34. The fraction of sp³-hybridized carbons (Fsp3) is 0.667. The van der Waals surface area contributed by atoms with E-state index >= 15 is 0 Å². The van der Waals surface area contributed by atoms with Crippen LogP contribution in [0.25, 0.3) is 0 Å². The minimum atomic E-state index is 0.750. The van der Waals surface area contributed by atoms with Gasteiger partial charge in [-0.15, -0.1) is 0 Å². The molecule has 0 N–H and O–H groups in total. The first kappa shape index (κ1) is 12.5. The van der Waals surface area contributed by atoms with E-state index < -0.39 is 0 Å². The van der Waals surface area contributed by atoms with Gasteiger partial charge < -0.3 is 4.90 Å². The first-order valence-corrected chi connectivity index (χ1v) is 7.94. The first-order valence-electron chi connectivity index (χ1n) is 7.14. The van der Waals surface area contributed by atoms with Crippen LogP contribution in [-0.4, -0.2) is 17.6 Å². The van der Waals surface area contributed by atoms with E-state index in [0.29, 0.717) is 0 Å². The largest absolute Gasteiger partial charge is 0.353 e. The van der Waals surface area contributed by atoms with Gasteiger partial charge in [0.25, 0.3) is 0 Å². The molecule has 2 atom stereocenters. The predicted molar refractivity (Wildman–Crippen MR) is 79.0 cm³/mol. The summed E-state index contributed by atoms with van der Waals surface area (Å²) < 4.78 is 1.08. The quantitative estimate of drug-likeness (QED) is 0.768. The Balaban J connectivity index is 1.89. The van der Waals surface area contributed by atoms with Crippen LogP contribution in [0.2, 0.25) is 0 Å². The van der Waals surface area contributed by atoms with Crippen LogP contribution in [-0.2, 0) is 0 Å². The minimum absolute atomic E-state index is 0.750. The molecule has 0 aromatic carbocycles. The molecule has 0 bridgehead atoms. The van der Waals surface area contributed by atoms with Crippen molar-refractivity contribution < 1.29 is 0 Å². The van der Waals surface area contributed by atoms with Crippen molar-refractivity contribution >= 4 is 21.7 Å². The van der Waals surface area contributed by atoms with Crippen LogP contribution in [0.1, 0.15) is 44.1 Å². The molecule has 1 saturated carbocycles. The van der Waals surface area contributed by atoms with Gasteiger partial charge in [-0.1, -0.05) is 12.8 Å². The Morgan fingerprint density at radius 1 is 1.22 bits per heavy atom. The van der Waals surface area contributed by atoms with Crippen molar-refractivity contribution in [3.63, 3.8) is 0 Å². The number of fused-ring (bicyclic) bond motifs is 1. The molecule has 3 rings (SSSR count). The Morgan fingerprint density at radius 2 is 2.00 bits per heavy atom. The lowest BCUT2D eigenvalue weighted by molar-refractivity contribution is 0.242. The predicted octanol–water partition coefficient (Wildman–Crippen LogP) is 4.31. The molecule has 0 spiro atoms. The van der Waals surface area contributed by atoms with Crippen LogP contribution in [0.3, 0.4) is 0 Å². The van der Waals surface area contributed by atoms with Crippen LogP contribution >= 0.6 is 15.9 Å². The maximum absolute atomic E-state index is 4.67. The number of aryl methyl sites for hydroxylation is 1. The third-order valence-electron chi connectivity index (χ3n) is 4.53. The van der Waals surface area contributed by atoms with Crippen molar-refractivity contribution in [1.29, 1.82) is 0 Å². The average Bonchev–Trinajstić information content (AvgIpc) is 2.38. The molecule has 98 valence electrons. The van der Waals surface area contributed by atoms with Gasteiger partial charge in [0.15, 0.2) is 0 Å². The third kappa shape index (κ3) is 2.29. The fourth-order valence-corrected chi connectivity index (χ4v) is 4.17. The van der Waals surface area contributed by atoms with E-state index in [0.717, 1.165) is 16.4 Å². The highest BCUT2D eigenvalue weighted by molar-refractivity contribution is 9.10. The van der Waals surface area contributed by atoms with Crippen LogP contribution in [0, 0.1) is 12.8 Å². The normalized spacial score (nSPS) is 28.0. The van der Waals surface area contributed by atoms with Crippen LogP contribution in [0.4, 0.5) is 5.82 Å². The van der Waals surface area contributed by atoms with E-state index in [2.05, 4.69) is 38.8 Å². The zero-order valence-electron chi connectivity index (χ0n) is 11.0. The Morgan fingerprint density at radius 3 is 2.83 bits per heavy atom. The summed E-state index contributed by atoms with van der Waals surface area (Å²) in [6.45, 7) is 3.37. The van der Waals surface area contributed by atoms with Crippen molar-refractivity contribution in [2.24, 2.45) is 5.92 Å². The number of rotatable bonds is 1. The van der Waals surface area contributed by atoms with Crippen molar-refractivity contribution in [3.8, 4) is 0 Å². The molecule has 2 nitrogen and oxygen atoms in total. The Labute approximate surface area is 118 Å². The van der Waals surface area contributed by atoms with Crippen LogP contribution in [0.15, 0.2) is 16.7 Å². The van der Waals surface area contributed by atoms with Crippen molar-refractivity contribution in [3.05, 3.63) is 22.3 Å². The minimum Gasteiger partial charge on any atom is -0.353 e. The van der Waals surface area contributed by atoms with Gasteiger partial charge in [0.2, 0.25) is 0 Å². The van der Waals surface area contributed by atoms with Gasteiger partial charge in [0, 0.05) is 23.3 Å². The fourth-order valence-electron chi connectivity index (χ4n) is 3.72. The molecule has 0 radical (unpaired) electrons. The van der Waals surface area contributed by atoms with E-state index in [-0.39, 0.29) is 0 Å². The number of piperidine rings is 1. The number of halogens is 1. The lowest BCUT2D eigenvalue weighted by atomic mass is 9.78. The molecule has 18 heavy (non-hydrogen) atoms. The third-order valence-corrected chi connectivity index (χ3v) is 4.97. The summed E-state index contributed by atoms with van der Waals surface area (Å²) in [5.74, 6) is 2.13. The maximum Gasteiger partial charge on any atom is 0.131 e. The van der Waals surface area contributed by atoms with Crippen LogP contribution < -0.4 is 4.90 Å². The molecule has 2 fully saturated rings. The SMILES string of the molecule is Cc1cc(Br)cnc1N1CCC[C@H]2CCCC[C@H]21. The molecule has 0 unspecified atom stereocenters. The van der Waals surface area contributed by atoms with Gasteiger partial charge in [-0.25, -0.2) is 4.98 Å². The summed E-state index contributed by atoms with van der Waals surface area (Å²) in [5.41, 5.74) is 1.30. The molecule has 3 heteroatoms. The molecular weight excluding hydrogens is 288 g/mol. The molecule has 2 heterocycles. The highest BCUT2D eigenvalue weighted by Crippen LogP contribution is 2.38. The van der Waals surface area contributed by atoms with Crippen molar-refractivity contribution in [2.45, 2.75) is 51.5 Å². The lowest BCUT2D eigenvalue weighted by Gasteiger charge is -2.45. The standard InChI is InChI=1S/C15H21BrN2/c1-11-9-13(16)10-17-15(11)18-8-4-6-12-5-2-3-7-14(12)18/h9-10,12,14H,2-8H2,1H3/t12-,14-/m1/s1. The van der Waals surface area contributed by atoms with Crippen LogP contribution in [0.5, 0.6) is 0 Å². The number of anilines is 1. The number of pyridine rings is 1. The van der Waals surface area contributed by atoms with Gasteiger partial charge in [-0.2, -0.15) is 0 Å². The average molecular weight is 309 g/mol. The molecule has 1 aromatic heterocycles. The topological polar surface area (TPSA) is 16.1 Å². The Kier molecular flexibility index (Phi) is 3.60. The summed E-state index contributed by atoms with van der Waals surface area (Å²) in [6.07, 6.45) is 10.3. The smallest absolute Gasteiger partial charge is 0.131 e.